The summed E-state index contributed by atoms with van der Waals surface area (Å²) in [7, 11) is 1.64. The maximum atomic E-state index is 9.29. The average molecular weight is 507 g/mol. The Balaban J connectivity index is 0.00000729. The summed E-state index contributed by atoms with van der Waals surface area (Å²) in [6.45, 7) is 11.4. The van der Waals surface area contributed by atoms with Crippen molar-refractivity contribution in [3.63, 3.8) is 0 Å². The molecule has 0 fully saturated rings. The molecule has 0 aliphatic heterocycles. The van der Waals surface area contributed by atoms with Gasteiger partial charge in [-0.2, -0.15) is 0 Å². The summed E-state index contributed by atoms with van der Waals surface area (Å²) in [6, 6.07) is 5.89. The molecule has 6 nitrogen and oxygen atoms in total. The van der Waals surface area contributed by atoms with Crippen LogP contribution in [0.5, 0.6) is 11.5 Å². The van der Waals surface area contributed by atoms with Gasteiger partial charge in [-0.05, 0) is 56.2 Å². The predicted octanol–water partition coefficient (Wildman–Crippen LogP) is 3.81. The summed E-state index contributed by atoms with van der Waals surface area (Å²) >= 11 is 0. The van der Waals surface area contributed by atoms with Crippen LogP contribution in [0.4, 0.5) is 0 Å². The van der Waals surface area contributed by atoms with Gasteiger partial charge in [0.2, 0.25) is 0 Å². The van der Waals surface area contributed by atoms with E-state index in [2.05, 4.69) is 36.4 Å². The number of benzene rings is 1. The minimum Gasteiger partial charge on any atom is -0.493 e. The third-order valence-corrected chi connectivity index (χ3v) is 4.19. The molecular formula is C21H38IN3O3. The van der Waals surface area contributed by atoms with Crippen molar-refractivity contribution in [2.45, 2.75) is 47.1 Å². The van der Waals surface area contributed by atoms with Crippen LogP contribution in [-0.4, -0.2) is 44.5 Å². The Morgan fingerprint density at radius 1 is 1.18 bits per heavy atom. The fourth-order valence-electron chi connectivity index (χ4n) is 2.99. The zero-order valence-electron chi connectivity index (χ0n) is 18.0. The van der Waals surface area contributed by atoms with E-state index in [1.54, 1.807) is 7.11 Å². The van der Waals surface area contributed by atoms with Crippen molar-refractivity contribution in [2.75, 3.05) is 33.4 Å². The van der Waals surface area contributed by atoms with Crippen LogP contribution in [0.15, 0.2) is 23.2 Å². The Hall–Kier alpha value is -1.22. The number of halogens is 1. The predicted molar refractivity (Wildman–Crippen MR) is 127 cm³/mol. The van der Waals surface area contributed by atoms with Crippen molar-refractivity contribution in [3.8, 4) is 11.5 Å². The van der Waals surface area contributed by atoms with Crippen LogP contribution in [-0.2, 0) is 6.54 Å². The smallest absolute Gasteiger partial charge is 0.191 e. The van der Waals surface area contributed by atoms with Gasteiger partial charge in [-0.25, -0.2) is 4.99 Å². The summed E-state index contributed by atoms with van der Waals surface area (Å²) in [5.74, 6) is 3.31. The van der Waals surface area contributed by atoms with Gasteiger partial charge in [0.1, 0.15) is 0 Å². The van der Waals surface area contributed by atoms with Gasteiger partial charge in [0.05, 0.1) is 20.3 Å². The lowest BCUT2D eigenvalue weighted by molar-refractivity contribution is 0.243. The van der Waals surface area contributed by atoms with Gasteiger partial charge in [-0.3, -0.25) is 0 Å². The molecule has 0 aliphatic rings. The zero-order chi connectivity index (χ0) is 20.1. The Morgan fingerprint density at radius 3 is 2.50 bits per heavy atom. The summed E-state index contributed by atoms with van der Waals surface area (Å²) in [5, 5.41) is 16.0. The number of aliphatic imine (C=N–C) groups is 1. The van der Waals surface area contributed by atoms with Crippen LogP contribution in [0.25, 0.3) is 0 Å². The number of ether oxygens (including phenoxy) is 2. The van der Waals surface area contributed by atoms with Crippen molar-refractivity contribution in [1.82, 2.24) is 10.6 Å². The lowest BCUT2D eigenvalue weighted by Gasteiger charge is -2.20. The van der Waals surface area contributed by atoms with Gasteiger partial charge >= 0.3 is 0 Å². The molecule has 1 aromatic rings. The van der Waals surface area contributed by atoms with Gasteiger partial charge in [0.25, 0.3) is 0 Å². The van der Waals surface area contributed by atoms with E-state index >= 15 is 0 Å². The molecule has 0 radical (unpaired) electrons. The van der Waals surface area contributed by atoms with E-state index in [-0.39, 0.29) is 30.6 Å². The number of guanidine groups is 1. The molecule has 0 aliphatic carbocycles. The standard InChI is InChI=1S/C21H37N3O3.HI/c1-6-22-21(24-15-18(10-11-25)12-16(3)4)23-14-17-8-9-19(26-5)20(13-17)27-7-2;/h8-9,13,16,18,25H,6-7,10-12,14-15H2,1-5H3,(H2,22,23,24);1H. The maximum Gasteiger partial charge on any atom is 0.191 e. The van der Waals surface area contributed by atoms with Crippen molar-refractivity contribution >= 4 is 29.9 Å². The largest absolute Gasteiger partial charge is 0.493 e. The van der Waals surface area contributed by atoms with Gasteiger partial charge in [-0.1, -0.05) is 19.9 Å². The number of nitrogens with zero attached hydrogens (tertiary/aromatic N) is 1. The van der Waals surface area contributed by atoms with E-state index in [0.29, 0.717) is 25.0 Å². The second-order valence-electron chi connectivity index (χ2n) is 7.00. The normalized spacial score (nSPS) is 12.3. The van der Waals surface area contributed by atoms with E-state index in [9.17, 15) is 5.11 Å². The van der Waals surface area contributed by atoms with Crippen LogP contribution >= 0.6 is 24.0 Å². The van der Waals surface area contributed by atoms with Crippen molar-refractivity contribution in [2.24, 2.45) is 16.8 Å². The molecule has 3 N–H and O–H groups in total. The number of hydrogen-bond acceptors (Lipinski definition) is 4. The zero-order valence-corrected chi connectivity index (χ0v) is 20.3. The number of hydrogen-bond donors (Lipinski definition) is 3. The molecule has 7 heteroatoms. The van der Waals surface area contributed by atoms with Crippen molar-refractivity contribution in [3.05, 3.63) is 23.8 Å². The van der Waals surface area contributed by atoms with Crippen LogP contribution < -0.4 is 20.1 Å². The lowest BCUT2D eigenvalue weighted by Crippen LogP contribution is -2.40. The highest BCUT2D eigenvalue weighted by molar-refractivity contribution is 14.0. The molecule has 28 heavy (non-hydrogen) atoms. The summed E-state index contributed by atoms with van der Waals surface area (Å²) in [4.78, 5) is 4.69. The molecule has 1 unspecified atom stereocenters. The first-order valence-electron chi connectivity index (χ1n) is 9.96. The quantitative estimate of drug-likeness (QED) is 0.228. The summed E-state index contributed by atoms with van der Waals surface area (Å²) in [5.41, 5.74) is 1.06. The number of methoxy groups -OCH3 is 1. The van der Waals surface area contributed by atoms with Crippen LogP contribution in [0, 0.1) is 11.8 Å². The van der Waals surface area contributed by atoms with Crippen LogP contribution in [0.3, 0.4) is 0 Å². The monoisotopic (exact) mass is 507 g/mol. The van der Waals surface area contributed by atoms with Gasteiger partial charge in [0, 0.05) is 19.7 Å². The van der Waals surface area contributed by atoms with Gasteiger partial charge in [-0.15, -0.1) is 24.0 Å². The Labute approximate surface area is 187 Å². The fraction of sp³-hybridized carbons (Fsp3) is 0.667. The fourth-order valence-corrected chi connectivity index (χ4v) is 2.99. The summed E-state index contributed by atoms with van der Waals surface area (Å²) in [6.07, 6.45) is 1.89. The van der Waals surface area contributed by atoms with E-state index in [4.69, 9.17) is 9.47 Å². The molecule has 1 rings (SSSR count). The van der Waals surface area contributed by atoms with Crippen molar-refractivity contribution < 1.29 is 14.6 Å². The number of rotatable bonds is 12. The Bertz CT molecular complexity index is 568. The molecule has 1 aromatic carbocycles. The molecule has 0 saturated carbocycles. The van der Waals surface area contributed by atoms with Crippen molar-refractivity contribution in [1.29, 1.82) is 0 Å². The first-order chi connectivity index (χ1) is 13.0. The second-order valence-corrected chi connectivity index (χ2v) is 7.00. The van der Waals surface area contributed by atoms with E-state index < -0.39 is 0 Å². The molecule has 1 atom stereocenters. The molecule has 0 bridgehead atoms. The number of aliphatic hydroxyl groups is 1. The third-order valence-electron chi connectivity index (χ3n) is 4.19. The van der Waals surface area contributed by atoms with E-state index in [1.165, 1.54) is 0 Å². The highest BCUT2D eigenvalue weighted by atomic mass is 127. The minimum atomic E-state index is 0. The highest BCUT2D eigenvalue weighted by Crippen LogP contribution is 2.28. The number of nitrogens with one attached hydrogen (secondary N) is 2. The molecule has 0 amide bonds. The third kappa shape index (κ3) is 10.4. The van der Waals surface area contributed by atoms with Gasteiger partial charge < -0.3 is 25.2 Å². The molecule has 0 saturated heterocycles. The van der Waals surface area contributed by atoms with E-state index in [0.717, 1.165) is 49.0 Å². The first-order valence-corrected chi connectivity index (χ1v) is 9.96. The molecule has 0 heterocycles. The van der Waals surface area contributed by atoms with Gasteiger partial charge in [0.15, 0.2) is 17.5 Å². The molecule has 162 valence electrons. The molecular weight excluding hydrogens is 469 g/mol. The molecule has 0 aromatic heterocycles. The van der Waals surface area contributed by atoms with Crippen LogP contribution in [0.2, 0.25) is 0 Å². The Kier molecular flexibility index (Phi) is 15.0. The highest BCUT2D eigenvalue weighted by Gasteiger charge is 2.11. The molecule has 0 spiro atoms. The van der Waals surface area contributed by atoms with E-state index in [1.807, 2.05) is 25.1 Å². The maximum absolute atomic E-state index is 9.29. The van der Waals surface area contributed by atoms with Crippen LogP contribution in [0.1, 0.15) is 46.1 Å². The number of aliphatic hydroxyl groups excluding tert-OH is 1. The average Bonchev–Trinajstić information content (AvgIpc) is 2.64. The minimum absolute atomic E-state index is 0. The lowest BCUT2D eigenvalue weighted by atomic mass is 9.94. The SMILES string of the molecule is CCNC(=NCc1ccc(OC)c(OCC)c1)NCC(CCO)CC(C)C.I. The second kappa shape index (κ2) is 15.7. The first kappa shape index (κ1) is 26.8. The summed E-state index contributed by atoms with van der Waals surface area (Å²) < 4.78 is 11.0. The Morgan fingerprint density at radius 2 is 1.93 bits per heavy atom. The topological polar surface area (TPSA) is 75.1 Å².